The Morgan fingerprint density at radius 3 is 2.32 bits per heavy atom. The van der Waals surface area contributed by atoms with Gasteiger partial charge >= 0.3 is 0 Å². The van der Waals surface area contributed by atoms with E-state index in [0.717, 1.165) is 21.8 Å². The number of amides is 1. The van der Waals surface area contributed by atoms with Crippen LogP contribution in [0, 0.1) is 13.8 Å². The molecule has 0 saturated carbocycles. The molecule has 0 aliphatic rings. The highest BCUT2D eigenvalue weighted by atomic mass is 16.5. The summed E-state index contributed by atoms with van der Waals surface area (Å²) in [4.78, 5) is 16.0. The highest BCUT2D eigenvalue weighted by molar-refractivity contribution is 5.93. The number of aromatic nitrogens is 1. The van der Waals surface area contributed by atoms with Gasteiger partial charge in [0.2, 0.25) is 0 Å². The third-order valence-electron chi connectivity index (χ3n) is 2.78. The van der Waals surface area contributed by atoms with Gasteiger partial charge < -0.3 is 0 Å². The van der Waals surface area contributed by atoms with Gasteiger partial charge in [0.15, 0.2) is 0 Å². The first-order chi connectivity index (χ1) is 9.06. The van der Waals surface area contributed by atoms with E-state index in [4.69, 9.17) is 0 Å². The van der Waals surface area contributed by atoms with Gasteiger partial charge in [-0.1, -0.05) is 17.2 Å². The number of pyridine rings is 1. The fourth-order valence-electron chi connectivity index (χ4n) is 1.98. The van der Waals surface area contributed by atoms with Crippen LogP contribution in [0.2, 0.25) is 0 Å². The average molecular weight is 256 g/mol. The van der Waals surface area contributed by atoms with Crippen LogP contribution in [0.1, 0.15) is 27.0 Å². The highest BCUT2D eigenvalue weighted by Crippen LogP contribution is 2.12. The molecule has 98 valence electrons. The fraction of sp³-hybridized carbons (Fsp3) is 0.200. The zero-order valence-electron chi connectivity index (χ0n) is 11.0. The molecule has 0 aliphatic heterocycles. The van der Waals surface area contributed by atoms with E-state index >= 15 is 0 Å². The fourth-order valence-corrected chi connectivity index (χ4v) is 1.98. The van der Waals surface area contributed by atoms with E-state index < -0.39 is 5.91 Å². The number of carbonyl (C=O) groups excluding carboxylic acids is 1. The number of nitrogens with zero attached hydrogens (tertiary/aromatic N) is 2. The minimum Gasteiger partial charge on any atom is -0.285 e. The number of carbonyl (C=O) groups is 1. The van der Waals surface area contributed by atoms with Gasteiger partial charge in [0.25, 0.3) is 5.91 Å². The molecule has 0 fully saturated rings. The lowest BCUT2D eigenvalue weighted by Crippen LogP contribution is -2.27. The molecule has 0 radical (unpaired) electrons. The number of aryl methyl sites for hydroxylation is 2. The van der Waals surface area contributed by atoms with Crippen molar-refractivity contribution in [3.05, 3.63) is 65.0 Å². The van der Waals surface area contributed by atoms with Crippen LogP contribution in [0.4, 0.5) is 0 Å². The van der Waals surface area contributed by atoms with Crippen LogP contribution in [0.15, 0.2) is 42.7 Å². The van der Waals surface area contributed by atoms with Crippen LogP contribution >= 0.6 is 0 Å². The lowest BCUT2D eigenvalue weighted by Gasteiger charge is -2.15. The minimum atomic E-state index is -0.399. The maximum Gasteiger partial charge on any atom is 0.277 e. The largest absolute Gasteiger partial charge is 0.285 e. The van der Waals surface area contributed by atoms with Gasteiger partial charge in [-0.05, 0) is 43.7 Å². The van der Waals surface area contributed by atoms with Crippen molar-refractivity contribution >= 4 is 5.91 Å². The van der Waals surface area contributed by atoms with Crippen molar-refractivity contribution in [1.82, 2.24) is 10.0 Å². The summed E-state index contributed by atoms with van der Waals surface area (Å²) in [6.07, 6.45) is 3.26. The second kappa shape index (κ2) is 5.63. The van der Waals surface area contributed by atoms with E-state index in [-0.39, 0.29) is 6.54 Å². The molecule has 0 spiro atoms. The van der Waals surface area contributed by atoms with Crippen LogP contribution < -0.4 is 0 Å². The van der Waals surface area contributed by atoms with Crippen LogP contribution in [0.3, 0.4) is 0 Å². The average Bonchev–Trinajstić information content (AvgIpc) is 2.37. The van der Waals surface area contributed by atoms with Gasteiger partial charge in [0.05, 0.1) is 6.54 Å². The van der Waals surface area contributed by atoms with Gasteiger partial charge in [0, 0.05) is 18.0 Å². The lowest BCUT2D eigenvalue weighted by atomic mass is 10.1. The Hall–Kier alpha value is -2.20. The Morgan fingerprint density at radius 2 is 1.74 bits per heavy atom. The number of hydrogen-bond acceptors (Lipinski definition) is 3. The van der Waals surface area contributed by atoms with E-state index in [1.165, 1.54) is 0 Å². The molecule has 1 N–H and O–H groups in total. The molecule has 0 atom stereocenters. The van der Waals surface area contributed by atoms with Crippen LogP contribution in [-0.2, 0) is 6.54 Å². The minimum absolute atomic E-state index is 0.147. The molecule has 0 unspecified atom stereocenters. The van der Waals surface area contributed by atoms with Crippen molar-refractivity contribution in [2.75, 3.05) is 0 Å². The van der Waals surface area contributed by atoms with Gasteiger partial charge in [-0.3, -0.25) is 15.0 Å². The number of hydrogen-bond donors (Lipinski definition) is 1. The molecule has 2 rings (SSSR count). The smallest absolute Gasteiger partial charge is 0.277 e. The summed E-state index contributed by atoms with van der Waals surface area (Å²) >= 11 is 0. The Labute approximate surface area is 112 Å². The Balaban J connectivity index is 2.15. The summed E-state index contributed by atoms with van der Waals surface area (Å²) in [5.41, 5.74) is 3.32. The van der Waals surface area contributed by atoms with Crippen molar-refractivity contribution < 1.29 is 10.0 Å². The predicted molar refractivity (Wildman–Crippen MR) is 71.8 cm³/mol. The maximum atomic E-state index is 12.1. The van der Waals surface area contributed by atoms with Gasteiger partial charge in [-0.2, -0.15) is 0 Å². The predicted octanol–water partition coefficient (Wildman–Crippen LogP) is 2.73. The molecular formula is C15H16N2O2. The summed E-state index contributed by atoms with van der Waals surface area (Å²) in [6.45, 7) is 4.00. The summed E-state index contributed by atoms with van der Waals surface area (Å²) in [5, 5.41) is 10.6. The second-order valence-corrected chi connectivity index (χ2v) is 4.59. The topological polar surface area (TPSA) is 53.4 Å². The molecular weight excluding hydrogens is 240 g/mol. The Bertz CT molecular complexity index is 562. The summed E-state index contributed by atoms with van der Waals surface area (Å²) in [5.74, 6) is -0.399. The van der Waals surface area contributed by atoms with Crippen LogP contribution in [-0.4, -0.2) is 21.2 Å². The SMILES string of the molecule is Cc1cc(C)cc(C(=O)N(O)Cc2ccncc2)c1. The molecule has 1 aromatic heterocycles. The first-order valence-corrected chi connectivity index (χ1v) is 6.04. The molecule has 2 aromatic rings. The molecule has 1 aromatic carbocycles. The summed E-state index contributed by atoms with van der Waals surface area (Å²) < 4.78 is 0. The van der Waals surface area contributed by atoms with Crippen molar-refractivity contribution in [3.63, 3.8) is 0 Å². The van der Waals surface area contributed by atoms with E-state index in [2.05, 4.69) is 4.98 Å². The van der Waals surface area contributed by atoms with E-state index in [9.17, 15) is 10.0 Å². The molecule has 4 nitrogen and oxygen atoms in total. The maximum absolute atomic E-state index is 12.1. The summed E-state index contributed by atoms with van der Waals surface area (Å²) in [7, 11) is 0. The summed E-state index contributed by atoms with van der Waals surface area (Å²) in [6, 6.07) is 9.05. The zero-order chi connectivity index (χ0) is 13.8. The van der Waals surface area contributed by atoms with E-state index in [0.29, 0.717) is 5.56 Å². The third-order valence-corrected chi connectivity index (χ3v) is 2.78. The third kappa shape index (κ3) is 3.39. The monoisotopic (exact) mass is 256 g/mol. The van der Waals surface area contributed by atoms with Gasteiger partial charge in [-0.25, -0.2) is 5.06 Å². The van der Waals surface area contributed by atoms with Crippen LogP contribution in [0.25, 0.3) is 0 Å². The second-order valence-electron chi connectivity index (χ2n) is 4.59. The van der Waals surface area contributed by atoms with Crippen molar-refractivity contribution in [3.8, 4) is 0 Å². The highest BCUT2D eigenvalue weighted by Gasteiger charge is 2.14. The molecule has 0 saturated heterocycles. The molecule has 4 heteroatoms. The lowest BCUT2D eigenvalue weighted by molar-refractivity contribution is -0.0648. The zero-order valence-corrected chi connectivity index (χ0v) is 11.0. The van der Waals surface area contributed by atoms with Crippen molar-refractivity contribution in [2.45, 2.75) is 20.4 Å². The Morgan fingerprint density at radius 1 is 1.16 bits per heavy atom. The first-order valence-electron chi connectivity index (χ1n) is 6.04. The normalized spacial score (nSPS) is 10.3. The molecule has 19 heavy (non-hydrogen) atoms. The Kier molecular flexibility index (Phi) is 3.92. The standard InChI is InChI=1S/C15H16N2O2/c1-11-7-12(2)9-14(8-11)15(18)17(19)10-13-3-5-16-6-4-13/h3-9,19H,10H2,1-2H3. The quantitative estimate of drug-likeness (QED) is 0.678. The molecule has 0 aliphatic carbocycles. The number of rotatable bonds is 3. The number of hydroxylamine groups is 2. The number of benzene rings is 1. The molecule has 1 amide bonds. The van der Waals surface area contributed by atoms with E-state index in [1.54, 1.807) is 36.7 Å². The van der Waals surface area contributed by atoms with Gasteiger partial charge in [-0.15, -0.1) is 0 Å². The first kappa shape index (κ1) is 13.2. The molecule has 0 bridgehead atoms. The van der Waals surface area contributed by atoms with Crippen LogP contribution in [0.5, 0.6) is 0 Å². The van der Waals surface area contributed by atoms with Gasteiger partial charge in [0.1, 0.15) is 0 Å². The van der Waals surface area contributed by atoms with Crippen molar-refractivity contribution in [2.24, 2.45) is 0 Å². The molecule has 1 heterocycles. The van der Waals surface area contributed by atoms with Crippen molar-refractivity contribution in [1.29, 1.82) is 0 Å². The van der Waals surface area contributed by atoms with E-state index in [1.807, 2.05) is 19.9 Å².